The summed E-state index contributed by atoms with van der Waals surface area (Å²) >= 11 is 0. The largest absolute Gasteiger partial charge is 0.497 e. The number of hydrogen-bond acceptors (Lipinski definition) is 2. The van der Waals surface area contributed by atoms with Gasteiger partial charge in [0.25, 0.3) is 5.56 Å². The summed E-state index contributed by atoms with van der Waals surface area (Å²) in [5.41, 5.74) is -0.0693. The van der Waals surface area contributed by atoms with Crippen LogP contribution in [0.25, 0.3) is 10.8 Å². The number of nitrogens with one attached hydrogen (secondary N) is 1. The van der Waals surface area contributed by atoms with Crippen molar-refractivity contribution in [1.29, 1.82) is 0 Å². The van der Waals surface area contributed by atoms with Crippen molar-refractivity contribution in [1.82, 2.24) is 4.98 Å². The summed E-state index contributed by atoms with van der Waals surface area (Å²) in [5, 5.41) is 1.58. The van der Waals surface area contributed by atoms with Gasteiger partial charge in [-0.3, -0.25) is 4.79 Å². The van der Waals surface area contributed by atoms with Gasteiger partial charge in [0.05, 0.1) is 7.11 Å². The van der Waals surface area contributed by atoms with E-state index in [2.05, 4.69) is 4.98 Å². The number of rotatable bonds is 1. The van der Waals surface area contributed by atoms with E-state index in [0.717, 1.165) is 11.1 Å². The lowest BCUT2D eigenvalue weighted by Crippen LogP contribution is -2.03. The molecule has 0 aliphatic carbocycles. The molecule has 1 aromatic carbocycles. The van der Waals surface area contributed by atoms with E-state index in [0.29, 0.717) is 5.39 Å². The highest BCUT2D eigenvalue weighted by molar-refractivity contribution is 5.82. The van der Waals surface area contributed by atoms with Gasteiger partial charge in [0.15, 0.2) is 0 Å². The Kier molecular flexibility index (Phi) is 7.52. The third-order valence-corrected chi connectivity index (χ3v) is 1.98. The summed E-state index contributed by atoms with van der Waals surface area (Å²) < 4.78 is 5.05. The van der Waals surface area contributed by atoms with E-state index >= 15 is 0 Å². The molecule has 0 bridgehead atoms. The van der Waals surface area contributed by atoms with Gasteiger partial charge in [-0.15, -0.1) is 0 Å². The van der Waals surface area contributed by atoms with Gasteiger partial charge < -0.3 is 9.72 Å². The minimum atomic E-state index is -0.0693. The molecule has 0 aliphatic heterocycles. The lowest BCUT2D eigenvalue weighted by Gasteiger charge is -2.00. The molecule has 0 fully saturated rings. The summed E-state index contributed by atoms with van der Waals surface area (Å²) in [6.45, 7) is 8.00. The second-order valence-electron chi connectivity index (χ2n) is 2.76. The molecule has 1 aromatic heterocycles. The van der Waals surface area contributed by atoms with Crippen LogP contribution in [0.5, 0.6) is 5.75 Å². The van der Waals surface area contributed by atoms with Crippen molar-refractivity contribution >= 4 is 10.8 Å². The molecule has 0 radical (unpaired) electrons. The fourth-order valence-electron chi connectivity index (χ4n) is 1.30. The number of benzene rings is 1. The van der Waals surface area contributed by atoms with Crippen LogP contribution in [0.1, 0.15) is 27.7 Å². The summed E-state index contributed by atoms with van der Waals surface area (Å²) in [5.74, 6) is 0.762. The monoisotopic (exact) mass is 235 g/mol. The normalized spacial score (nSPS) is 8.53. The summed E-state index contributed by atoms with van der Waals surface area (Å²) in [6.07, 6.45) is 1.63. The zero-order chi connectivity index (χ0) is 13.3. The number of fused-ring (bicyclic) bond motifs is 1. The highest BCUT2D eigenvalue weighted by Crippen LogP contribution is 2.16. The minimum absolute atomic E-state index is 0.0693. The van der Waals surface area contributed by atoms with Crippen LogP contribution >= 0.6 is 0 Å². The van der Waals surface area contributed by atoms with E-state index in [1.807, 2.05) is 39.8 Å². The van der Waals surface area contributed by atoms with Crippen molar-refractivity contribution in [2.45, 2.75) is 27.7 Å². The molecule has 2 rings (SSSR count). The summed E-state index contributed by atoms with van der Waals surface area (Å²) in [6, 6.07) is 7.22. The molecule has 17 heavy (non-hydrogen) atoms. The zero-order valence-corrected chi connectivity index (χ0v) is 11.2. The number of H-pyrrole nitrogens is 1. The third kappa shape index (κ3) is 3.94. The average molecular weight is 235 g/mol. The fourth-order valence-corrected chi connectivity index (χ4v) is 1.30. The van der Waals surface area contributed by atoms with E-state index < -0.39 is 0 Å². The maximum atomic E-state index is 11.3. The van der Waals surface area contributed by atoms with Crippen LogP contribution in [0.2, 0.25) is 0 Å². The molecule has 0 saturated heterocycles. The van der Waals surface area contributed by atoms with Crippen molar-refractivity contribution < 1.29 is 4.74 Å². The molecular formula is C14H21NO2. The van der Waals surface area contributed by atoms with E-state index in [1.165, 1.54) is 0 Å². The van der Waals surface area contributed by atoms with Crippen molar-refractivity contribution in [3.63, 3.8) is 0 Å². The van der Waals surface area contributed by atoms with Crippen molar-refractivity contribution in [2.75, 3.05) is 7.11 Å². The Hall–Kier alpha value is -1.77. The van der Waals surface area contributed by atoms with Crippen LogP contribution in [0.4, 0.5) is 0 Å². The first-order valence-corrected chi connectivity index (χ1v) is 5.97. The van der Waals surface area contributed by atoms with Crippen LogP contribution in [0.3, 0.4) is 0 Å². The molecule has 0 spiro atoms. The number of aromatic amines is 1. The minimum Gasteiger partial charge on any atom is -0.497 e. The van der Waals surface area contributed by atoms with Crippen LogP contribution < -0.4 is 10.3 Å². The van der Waals surface area contributed by atoms with E-state index in [9.17, 15) is 4.79 Å². The Labute approximate surface area is 102 Å². The molecule has 3 nitrogen and oxygen atoms in total. The van der Waals surface area contributed by atoms with E-state index in [4.69, 9.17) is 4.74 Å². The second-order valence-corrected chi connectivity index (χ2v) is 2.76. The molecule has 0 unspecified atom stereocenters. The molecule has 0 aliphatic rings. The molecule has 2 aromatic rings. The van der Waals surface area contributed by atoms with Crippen LogP contribution in [0, 0.1) is 0 Å². The number of methoxy groups -OCH3 is 1. The van der Waals surface area contributed by atoms with Crippen molar-refractivity contribution in [3.8, 4) is 5.75 Å². The van der Waals surface area contributed by atoms with E-state index in [-0.39, 0.29) is 5.56 Å². The SMILES string of the molecule is CC.CC.COc1ccc2c(=O)[nH]ccc2c1. The molecule has 94 valence electrons. The van der Waals surface area contributed by atoms with Gasteiger partial charge in [-0.1, -0.05) is 27.7 Å². The molecule has 1 heterocycles. The second kappa shape index (κ2) is 8.39. The Morgan fingerprint density at radius 1 is 1.06 bits per heavy atom. The van der Waals surface area contributed by atoms with Gasteiger partial charge in [-0.25, -0.2) is 0 Å². The molecule has 0 atom stereocenters. The number of ether oxygens (including phenoxy) is 1. The predicted octanol–water partition coefficient (Wildman–Crippen LogP) is 3.59. The lowest BCUT2D eigenvalue weighted by atomic mass is 10.2. The van der Waals surface area contributed by atoms with E-state index in [1.54, 1.807) is 25.4 Å². The fraction of sp³-hybridized carbons (Fsp3) is 0.357. The topological polar surface area (TPSA) is 42.1 Å². The standard InChI is InChI=1S/C10H9NO2.2C2H6/c1-13-8-2-3-9-7(6-8)4-5-11-10(9)12;2*1-2/h2-6H,1H3,(H,11,12);2*1-2H3. The highest BCUT2D eigenvalue weighted by Gasteiger charge is 1.98. The van der Waals surface area contributed by atoms with Crippen molar-refractivity contribution in [3.05, 3.63) is 40.8 Å². The third-order valence-electron chi connectivity index (χ3n) is 1.98. The van der Waals surface area contributed by atoms with Crippen LogP contribution in [-0.2, 0) is 0 Å². The number of hydrogen-bond donors (Lipinski definition) is 1. The smallest absolute Gasteiger partial charge is 0.255 e. The summed E-state index contributed by atoms with van der Waals surface area (Å²) in [7, 11) is 1.61. The van der Waals surface area contributed by atoms with Crippen LogP contribution in [-0.4, -0.2) is 12.1 Å². The summed E-state index contributed by atoms with van der Waals surface area (Å²) in [4.78, 5) is 13.9. The number of pyridine rings is 1. The quantitative estimate of drug-likeness (QED) is 0.820. The maximum Gasteiger partial charge on any atom is 0.255 e. The van der Waals surface area contributed by atoms with Crippen LogP contribution in [0.15, 0.2) is 35.3 Å². The van der Waals surface area contributed by atoms with Gasteiger partial charge in [-0.05, 0) is 29.7 Å². The predicted molar refractivity (Wildman–Crippen MR) is 73.8 cm³/mol. The van der Waals surface area contributed by atoms with Gasteiger partial charge in [0.2, 0.25) is 0 Å². The molecule has 3 heteroatoms. The molecule has 0 amide bonds. The van der Waals surface area contributed by atoms with Gasteiger partial charge >= 0.3 is 0 Å². The van der Waals surface area contributed by atoms with Crippen molar-refractivity contribution in [2.24, 2.45) is 0 Å². The first kappa shape index (κ1) is 15.2. The Bertz CT molecular complexity index is 489. The molecular weight excluding hydrogens is 214 g/mol. The molecule has 1 N–H and O–H groups in total. The Balaban J connectivity index is 0.000000581. The Morgan fingerprint density at radius 2 is 1.71 bits per heavy atom. The first-order chi connectivity index (χ1) is 8.31. The lowest BCUT2D eigenvalue weighted by molar-refractivity contribution is 0.415. The number of aromatic nitrogens is 1. The zero-order valence-electron chi connectivity index (χ0n) is 11.2. The first-order valence-electron chi connectivity index (χ1n) is 5.97. The van der Waals surface area contributed by atoms with Gasteiger partial charge in [0, 0.05) is 11.6 Å². The Morgan fingerprint density at radius 3 is 2.29 bits per heavy atom. The highest BCUT2D eigenvalue weighted by atomic mass is 16.5. The van der Waals surface area contributed by atoms with Gasteiger partial charge in [-0.2, -0.15) is 0 Å². The molecule has 0 saturated carbocycles. The maximum absolute atomic E-state index is 11.3. The van der Waals surface area contributed by atoms with Gasteiger partial charge in [0.1, 0.15) is 5.75 Å². The average Bonchev–Trinajstić information content (AvgIpc) is 2.43.